The van der Waals surface area contributed by atoms with Gasteiger partial charge in [-0.25, -0.2) is 4.79 Å². The number of carbonyl (C=O) groups is 1. The summed E-state index contributed by atoms with van der Waals surface area (Å²) in [5, 5.41) is 10.3. The summed E-state index contributed by atoms with van der Waals surface area (Å²) in [4.78, 5) is 24.6. The predicted octanol–water partition coefficient (Wildman–Crippen LogP) is 2.14. The molecule has 10 nitrogen and oxygen atoms in total. The van der Waals surface area contributed by atoms with Crippen LogP contribution >= 0.6 is 0 Å². The smallest absolute Gasteiger partial charge is 0.338 e. The summed E-state index contributed by atoms with van der Waals surface area (Å²) < 4.78 is 17.2. The molecule has 0 spiro atoms. The lowest BCUT2D eigenvalue weighted by Gasteiger charge is -2.19. The number of nitrogens with zero attached hydrogens (tertiary/aromatic N) is 4. The van der Waals surface area contributed by atoms with Gasteiger partial charge >= 0.3 is 12.0 Å². The van der Waals surface area contributed by atoms with Crippen molar-refractivity contribution in [1.29, 1.82) is 0 Å². The maximum absolute atomic E-state index is 12.2. The first-order valence-electron chi connectivity index (χ1n) is 9.34. The largest absolute Gasteiger partial charge is 0.480 e. The van der Waals surface area contributed by atoms with Crippen molar-refractivity contribution >= 4 is 23.0 Å². The molecule has 2 heterocycles. The highest BCUT2D eigenvalue weighted by molar-refractivity contribution is 5.89. The third kappa shape index (κ3) is 4.95. The molecule has 0 atom stereocenters. The van der Waals surface area contributed by atoms with Crippen LogP contribution in [0.3, 0.4) is 0 Å². The molecule has 0 saturated heterocycles. The fraction of sp³-hybridized carbons (Fsp3) is 0.400. The second kappa shape index (κ2) is 8.54. The number of anilines is 1. The Morgan fingerprint density at radius 2 is 1.83 bits per heavy atom. The van der Waals surface area contributed by atoms with Crippen LogP contribution in [0.15, 0.2) is 24.3 Å². The lowest BCUT2D eigenvalue weighted by atomic mass is 10.1. The normalized spacial score (nSPS) is 11.6. The average molecular weight is 415 g/mol. The van der Waals surface area contributed by atoms with Crippen LogP contribution in [-0.2, 0) is 16.0 Å². The molecule has 0 saturated carbocycles. The van der Waals surface area contributed by atoms with E-state index in [1.54, 1.807) is 31.4 Å². The molecular formula is C20H25N5O5. The lowest BCUT2D eigenvalue weighted by Crippen LogP contribution is -2.23. The first-order valence-corrected chi connectivity index (χ1v) is 9.34. The van der Waals surface area contributed by atoms with Crippen molar-refractivity contribution in [3.05, 3.63) is 35.4 Å². The Balaban J connectivity index is 1.84. The molecule has 160 valence electrons. The van der Waals surface area contributed by atoms with E-state index >= 15 is 0 Å². The van der Waals surface area contributed by atoms with E-state index in [0.717, 1.165) is 5.56 Å². The Morgan fingerprint density at radius 3 is 2.47 bits per heavy atom. The Hall–Kier alpha value is -3.40. The first kappa shape index (κ1) is 21.3. The number of aromatic hydroxyl groups is 1. The van der Waals surface area contributed by atoms with Crippen LogP contribution in [0.25, 0.3) is 11.2 Å². The maximum atomic E-state index is 12.2. The second-order valence-electron chi connectivity index (χ2n) is 7.60. The van der Waals surface area contributed by atoms with E-state index in [1.807, 2.05) is 20.8 Å². The number of aromatic nitrogens is 4. The molecule has 3 N–H and O–H groups in total. The number of nitrogens with two attached hydrogens (primary N) is 1. The van der Waals surface area contributed by atoms with Crippen molar-refractivity contribution in [3.8, 4) is 12.0 Å². The third-order valence-corrected chi connectivity index (χ3v) is 4.03. The van der Waals surface area contributed by atoms with Gasteiger partial charge in [-0.3, -0.25) is 4.57 Å². The number of imidazole rings is 1. The van der Waals surface area contributed by atoms with Crippen molar-refractivity contribution in [1.82, 2.24) is 19.5 Å². The first-order chi connectivity index (χ1) is 14.2. The Bertz CT molecular complexity index is 1040. The molecule has 30 heavy (non-hydrogen) atoms. The van der Waals surface area contributed by atoms with Gasteiger partial charge in [0, 0.05) is 7.11 Å². The van der Waals surface area contributed by atoms with Gasteiger partial charge in [-0.15, -0.1) is 0 Å². The number of hydrogen-bond acceptors (Lipinski definition) is 9. The zero-order valence-corrected chi connectivity index (χ0v) is 17.4. The molecule has 0 radical (unpaired) electrons. The fourth-order valence-corrected chi connectivity index (χ4v) is 2.68. The van der Waals surface area contributed by atoms with E-state index < -0.39 is 11.6 Å². The summed E-state index contributed by atoms with van der Waals surface area (Å²) in [7, 11) is 1.56. The molecule has 3 rings (SSSR count). The molecule has 3 aromatic rings. The zero-order chi connectivity index (χ0) is 21.9. The van der Waals surface area contributed by atoms with E-state index in [2.05, 4.69) is 15.0 Å². The number of hydrogen-bond donors (Lipinski definition) is 2. The minimum absolute atomic E-state index is 0.0680. The average Bonchev–Trinajstić information content (AvgIpc) is 2.98. The van der Waals surface area contributed by atoms with Crippen LogP contribution in [0.1, 0.15) is 36.7 Å². The molecule has 10 heteroatoms. The zero-order valence-electron chi connectivity index (χ0n) is 17.4. The van der Waals surface area contributed by atoms with E-state index in [9.17, 15) is 9.90 Å². The third-order valence-electron chi connectivity index (χ3n) is 4.03. The maximum Gasteiger partial charge on any atom is 0.338 e. The second-order valence-corrected chi connectivity index (χ2v) is 7.60. The summed E-state index contributed by atoms with van der Waals surface area (Å²) in [5.41, 5.74) is 7.24. The molecule has 0 amide bonds. The van der Waals surface area contributed by atoms with Gasteiger partial charge in [-0.1, -0.05) is 12.1 Å². The van der Waals surface area contributed by atoms with E-state index in [1.165, 1.54) is 4.57 Å². The van der Waals surface area contributed by atoms with Gasteiger partial charge in [0.1, 0.15) is 12.2 Å². The van der Waals surface area contributed by atoms with Crippen LogP contribution < -0.4 is 10.5 Å². The summed E-state index contributed by atoms with van der Waals surface area (Å²) in [6.45, 7) is 6.32. The Labute approximate surface area is 173 Å². The molecule has 0 unspecified atom stereocenters. The number of ether oxygens (including phenoxy) is 3. The Kier molecular flexibility index (Phi) is 6.06. The van der Waals surface area contributed by atoms with Crippen molar-refractivity contribution in [3.63, 3.8) is 0 Å². The number of benzene rings is 1. The highest BCUT2D eigenvalue weighted by Gasteiger charge is 2.19. The van der Waals surface area contributed by atoms with Gasteiger partial charge in [-0.05, 0) is 38.5 Å². The quantitative estimate of drug-likeness (QED) is 0.439. The van der Waals surface area contributed by atoms with E-state index in [-0.39, 0.29) is 36.5 Å². The van der Waals surface area contributed by atoms with Crippen LogP contribution in [0.4, 0.5) is 5.82 Å². The Morgan fingerprint density at radius 1 is 1.13 bits per heavy atom. The lowest BCUT2D eigenvalue weighted by molar-refractivity contribution is 0.00695. The van der Waals surface area contributed by atoms with Crippen LogP contribution in [0.5, 0.6) is 12.0 Å². The predicted molar refractivity (Wildman–Crippen MR) is 109 cm³/mol. The van der Waals surface area contributed by atoms with Crippen molar-refractivity contribution in [2.45, 2.75) is 32.9 Å². The minimum Gasteiger partial charge on any atom is -0.480 e. The van der Waals surface area contributed by atoms with Crippen molar-refractivity contribution in [2.75, 3.05) is 26.1 Å². The number of carbonyl (C=O) groups excluding carboxylic acids is 1. The molecule has 0 fully saturated rings. The standard InChI is InChI=1S/C20H25N5O5/c1-20(2,3)30-17(26)13-7-5-12(6-8-13)11-25-16-14(22-19(25)27)15(21)23-18(24-16)29-10-9-28-4/h5-8H,9-11H2,1-4H3,(H,22,27)(H2,21,23,24). The summed E-state index contributed by atoms with van der Waals surface area (Å²) in [6.07, 6.45) is 0. The van der Waals surface area contributed by atoms with Gasteiger partial charge < -0.3 is 25.1 Å². The topological polar surface area (TPSA) is 135 Å². The number of rotatable bonds is 7. The monoisotopic (exact) mass is 415 g/mol. The van der Waals surface area contributed by atoms with Gasteiger partial charge in [0.25, 0.3) is 6.01 Å². The number of nitrogen functional groups attached to an aromatic ring is 1. The molecule has 1 aromatic carbocycles. The SMILES string of the molecule is COCCOc1nc(N)c2nc(O)n(Cc3ccc(C(=O)OC(C)(C)C)cc3)c2n1. The minimum atomic E-state index is -0.570. The van der Waals surface area contributed by atoms with Crippen molar-refractivity contribution < 1.29 is 24.1 Å². The molecule has 0 bridgehead atoms. The van der Waals surface area contributed by atoms with Gasteiger partial charge in [0.15, 0.2) is 17.0 Å². The van der Waals surface area contributed by atoms with Gasteiger partial charge in [0.2, 0.25) is 0 Å². The van der Waals surface area contributed by atoms with Gasteiger partial charge in [-0.2, -0.15) is 15.0 Å². The van der Waals surface area contributed by atoms with Crippen LogP contribution in [0.2, 0.25) is 0 Å². The molecular weight excluding hydrogens is 390 g/mol. The highest BCUT2D eigenvalue weighted by Crippen LogP contribution is 2.26. The fourth-order valence-electron chi connectivity index (χ4n) is 2.68. The number of esters is 1. The summed E-state index contributed by atoms with van der Waals surface area (Å²) in [5.74, 6) is -0.301. The highest BCUT2D eigenvalue weighted by atomic mass is 16.6. The molecule has 0 aliphatic carbocycles. The number of methoxy groups -OCH3 is 1. The van der Waals surface area contributed by atoms with E-state index in [0.29, 0.717) is 17.8 Å². The van der Waals surface area contributed by atoms with Crippen LogP contribution in [-0.4, -0.2) is 56.5 Å². The van der Waals surface area contributed by atoms with Gasteiger partial charge in [0.05, 0.1) is 18.7 Å². The molecule has 0 aliphatic rings. The summed E-state index contributed by atoms with van der Waals surface area (Å²) >= 11 is 0. The molecule has 0 aliphatic heterocycles. The van der Waals surface area contributed by atoms with Crippen LogP contribution in [0, 0.1) is 0 Å². The summed E-state index contributed by atoms with van der Waals surface area (Å²) in [6, 6.07) is 6.69. The van der Waals surface area contributed by atoms with E-state index in [4.69, 9.17) is 19.9 Å². The number of fused-ring (bicyclic) bond motifs is 1. The van der Waals surface area contributed by atoms with Crippen molar-refractivity contribution in [2.24, 2.45) is 0 Å². The molecule has 2 aromatic heterocycles.